The third-order valence-electron chi connectivity index (χ3n) is 5.39. The van der Waals surface area contributed by atoms with Gasteiger partial charge in [-0.1, -0.05) is 11.6 Å². The summed E-state index contributed by atoms with van der Waals surface area (Å²) in [6.07, 6.45) is 0.569. The minimum absolute atomic E-state index is 0.0448. The summed E-state index contributed by atoms with van der Waals surface area (Å²) in [6, 6.07) is 9.82. The molecule has 0 atom stereocenters. The standard InChI is InChI=1S/C23H21N3O6/c1-12-4-5-19-17(8-12)16(13(2)25-19)6-7-24-22(27)18-10-14-9-15(26(29)30)11-20(31-3)21(14)32-23(18)28/h4-5,8-11,25H,6-7H2,1-3H3,(H,24,27). The molecule has 2 aromatic carbocycles. The first-order valence-corrected chi connectivity index (χ1v) is 9.94. The quantitative estimate of drug-likeness (QED) is 0.270. The minimum Gasteiger partial charge on any atom is -0.493 e. The Morgan fingerprint density at radius 1 is 1.22 bits per heavy atom. The highest BCUT2D eigenvalue weighted by molar-refractivity contribution is 5.98. The summed E-state index contributed by atoms with van der Waals surface area (Å²) >= 11 is 0. The van der Waals surface area contributed by atoms with Crippen molar-refractivity contribution in [3.05, 3.63) is 79.3 Å². The number of aryl methyl sites for hydroxylation is 2. The van der Waals surface area contributed by atoms with Crippen LogP contribution in [0, 0.1) is 24.0 Å². The van der Waals surface area contributed by atoms with E-state index < -0.39 is 16.5 Å². The highest BCUT2D eigenvalue weighted by atomic mass is 16.6. The Morgan fingerprint density at radius 2 is 2.00 bits per heavy atom. The molecule has 9 nitrogen and oxygen atoms in total. The molecule has 0 spiro atoms. The molecule has 164 valence electrons. The highest BCUT2D eigenvalue weighted by Crippen LogP contribution is 2.30. The second-order valence-corrected chi connectivity index (χ2v) is 7.55. The normalized spacial score (nSPS) is 11.1. The Morgan fingerprint density at radius 3 is 2.72 bits per heavy atom. The summed E-state index contributed by atoms with van der Waals surface area (Å²) in [4.78, 5) is 39.0. The van der Waals surface area contributed by atoms with Crippen molar-refractivity contribution >= 4 is 33.5 Å². The van der Waals surface area contributed by atoms with Crippen molar-refractivity contribution in [2.24, 2.45) is 0 Å². The number of aromatic amines is 1. The van der Waals surface area contributed by atoms with Crippen molar-refractivity contribution in [1.29, 1.82) is 0 Å². The lowest BCUT2D eigenvalue weighted by atomic mass is 10.1. The number of hydrogen-bond acceptors (Lipinski definition) is 6. The number of H-pyrrole nitrogens is 1. The molecule has 4 rings (SSSR count). The van der Waals surface area contributed by atoms with Gasteiger partial charge in [-0.3, -0.25) is 14.9 Å². The van der Waals surface area contributed by atoms with Gasteiger partial charge in [0.25, 0.3) is 11.6 Å². The molecular weight excluding hydrogens is 414 g/mol. The second kappa shape index (κ2) is 8.18. The SMILES string of the molecule is COc1cc([N+](=O)[O-])cc2cc(C(=O)NCCc3c(C)[nH]c4ccc(C)cc34)c(=O)oc12. The van der Waals surface area contributed by atoms with Gasteiger partial charge >= 0.3 is 5.63 Å². The number of nitro benzene ring substituents is 1. The highest BCUT2D eigenvalue weighted by Gasteiger charge is 2.19. The Labute approximate surface area is 182 Å². The van der Waals surface area contributed by atoms with Crippen LogP contribution in [-0.2, 0) is 6.42 Å². The number of hydrogen-bond donors (Lipinski definition) is 2. The van der Waals surface area contributed by atoms with E-state index in [9.17, 15) is 19.7 Å². The summed E-state index contributed by atoms with van der Waals surface area (Å²) in [5, 5.41) is 15.2. The Kier molecular flexibility index (Phi) is 5.40. The molecule has 0 unspecified atom stereocenters. The van der Waals surface area contributed by atoms with Gasteiger partial charge in [0.15, 0.2) is 11.3 Å². The Hall–Kier alpha value is -4.14. The lowest BCUT2D eigenvalue weighted by Gasteiger charge is -2.08. The smallest absolute Gasteiger partial charge is 0.349 e. The zero-order chi connectivity index (χ0) is 23.0. The first kappa shape index (κ1) is 21.1. The molecule has 2 N–H and O–H groups in total. The average molecular weight is 435 g/mol. The number of carbonyl (C=O) groups excluding carboxylic acids is 1. The van der Waals surface area contributed by atoms with Gasteiger partial charge in [-0.2, -0.15) is 0 Å². The zero-order valence-electron chi connectivity index (χ0n) is 17.8. The monoisotopic (exact) mass is 435 g/mol. The van der Waals surface area contributed by atoms with Gasteiger partial charge in [0.05, 0.1) is 18.1 Å². The predicted molar refractivity (Wildman–Crippen MR) is 120 cm³/mol. The third kappa shape index (κ3) is 3.80. The number of nitro groups is 1. The number of non-ortho nitro benzene ring substituents is 1. The number of carbonyl (C=O) groups is 1. The van der Waals surface area contributed by atoms with Crippen molar-refractivity contribution in [1.82, 2.24) is 10.3 Å². The van der Waals surface area contributed by atoms with E-state index in [1.54, 1.807) is 0 Å². The van der Waals surface area contributed by atoms with Gasteiger partial charge in [-0.25, -0.2) is 4.79 Å². The van der Waals surface area contributed by atoms with Gasteiger partial charge in [0.2, 0.25) is 0 Å². The van der Waals surface area contributed by atoms with Crippen LogP contribution in [0.5, 0.6) is 5.75 Å². The first-order valence-electron chi connectivity index (χ1n) is 9.94. The molecule has 1 amide bonds. The number of nitrogens with zero attached hydrogens (tertiary/aromatic N) is 1. The molecular formula is C23H21N3O6. The molecule has 2 aromatic heterocycles. The Bertz CT molecular complexity index is 1430. The van der Waals surface area contributed by atoms with E-state index in [1.165, 1.54) is 19.2 Å². The van der Waals surface area contributed by atoms with Crippen LogP contribution in [0.4, 0.5) is 5.69 Å². The molecule has 0 saturated carbocycles. The van der Waals surface area contributed by atoms with Crippen LogP contribution in [0.3, 0.4) is 0 Å². The van der Waals surface area contributed by atoms with Crippen LogP contribution in [0.25, 0.3) is 21.9 Å². The Balaban J connectivity index is 1.58. The van der Waals surface area contributed by atoms with E-state index in [0.29, 0.717) is 13.0 Å². The fourth-order valence-electron chi connectivity index (χ4n) is 3.82. The maximum Gasteiger partial charge on any atom is 0.349 e. The van der Waals surface area contributed by atoms with Gasteiger partial charge < -0.3 is 19.5 Å². The van der Waals surface area contributed by atoms with Crippen molar-refractivity contribution in [2.45, 2.75) is 20.3 Å². The molecule has 0 bridgehead atoms. The van der Waals surface area contributed by atoms with E-state index in [4.69, 9.17) is 9.15 Å². The average Bonchev–Trinajstić information content (AvgIpc) is 3.06. The van der Waals surface area contributed by atoms with Crippen molar-refractivity contribution in [3.63, 3.8) is 0 Å². The molecule has 0 saturated heterocycles. The lowest BCUT2D eigenvalue weighted by Crippen LogP contribution is -2.30. The topological polar surface area (TPSA) is 127 Å². The zero-order valence-corrected chi connectivity index (χ0v) is 17.8. The van der Waals surface area contributed by atoms with Crippen LogP contribution in [0.15, 0.2) is 45.6 Å². The molecule has 9 heteroatoms. The maximum absolute atomic E-state index is 12.7. The van der Waals surface area contributed by atoms with E-state index in [-0.39, 0.29) is 28.0 Å². The van der Waals surface area contributed by atoms with Crippen molar-refractivity contribution in [3.8, 4) is 5.75 Å². The van der Waals surface area contributed by atoms with Crippen LogP contribution in [-0.4, -0.2) is 29.5 Å². The largest absolute Gasteiger partial charge is 0.493 e. The van der Waals surface area contributed by atoms with Crippen LogP contribution in [0.2, 0.25) is 0 Å². The number of nitrogens with one attached hydrogen (secondary N) is 2. The lowest BCUT2D eigenvalue weighted by molar-refractivity contribution is -0.384. The second-order valence-electron chi connectivity index (χ2n) is 7.55. The fourth-order valence-corrected chi connectivity index (χ4v) is 3.82. The van der Waals surface area contributed by atoms with Gasteiger partial charge in [0.1, 0.15) is 5.56 Å². The summed E-state index contributed by atoms with van der Waals surface area (Å²) in [6.45, 7) is 4.30. The summed E-state index contributed by atoms with van der Waals surface area (Å²) in [7, 11) is 1.31. The third-order valence-corrected chi connectivity index (χ3v) is 5.39. The minimum atomic E-state index is -0.846. The van der Waals surface area contributed by atoms with Gasteiger partial charge in [-0.05, 0) is 44.0 Å². The van der Waals surface area contributed by atoms with E-state index in [2.05, 4.69) is 16.4 Å². The van der Waals surface area contributed by atoms with Crippen molar-refractivity contribution < 1.29 is 18.9 Å². The number of benzene rings is 2. The molecule has 2 heterocycles. The van der Waals surface area contributed by atoms with Gasteiger partial charge in [-0.15, -0.1) is 0 Å². The number of methoxy groups -OCH3 is 1. The van der Waals surface area contributed by atoms with Gasteiger partial charge in [0, 0.05) is 34.6 Å². The van der Waals surface area contributed by atoms with E-state index in [1.807, 2.05) is 26.0 Å². The van der Waals surface area contributed by atoms with Crippen LogP contribution >= 0.6 is 0 Å². The molecule has 0 fully saturated rings. The fraction of sp³-hybridized carbons (Fsp3) is 0.217. The van der Waals surface area contributed by atoms with Crippen LogP contribution < -0.4 is 15.7 Å². The predicted octanol–water partition coefficient (Wildman–Crippen LogP) is 3.78. The van der Waals surface area contributed by atoms with Crippen LogP contribution in [0.1, 0.15) is 27.2 Å². The molecule has 32 heavy (non-hydrogen) atoms. The molecule has 4 aromatic rings. The molecule has 0 aliphatic carbocycles. The van der Waals surface area contributed by atoms with Crippen molar-refractivity contribution in [2.75, 3.05) is 13.7 Å². The number of fused-ring (bicyclic) bond motifs is 2. The number of ether oxygens (including phenoxy) is 1. The van der Waals surface area contributed by atoms with E-state index in [0.717, 1.165) is 33.8 Å². The van der Waals surface area contributed by atoms with E-state index >= 15 is 0 Å². The maximum atomic E-state index is 12.7. The summed E-state index contributed by atoms with van der Waals surface area (Å²) < 4.78 is 10.3. The summed E-state index contributed by atoms with van der Waals surface area (Å²) in [5.74, 6) is -0.567. The number of rotatable bonds is 6. The summed E-state index contributed by atoms with van der Waals surface area (Å²) in [5.41, 5.74) is 3.01. The molecule has 0 aliphatic heterocycles. The molecule has 0 aliphatic rings. The molecule has 0 radical (unpaired) electrons. The number of aromatic nitrogens is 1. The first-order chi connectivity index (χ1) is 15.3. The number of amides is 1.